The minimum atomic E-state index is 0.587. The Morgan fingerprint density at radius 3 is 2.06 bits per heavy atom. The summed E-state index contributed by atoms with van der Waals surface area (Å²) in [4.78, 5) is 0. The van der Waals surface area contributed by atoms with E-state index in [0.29, 0.717) is 5.41 Å². The predicted octanol–water partition coefficient (Wildman–Crippen LogP) is 6.06. The van der Waals surface area contributed by atoms with E-state index >= 15 is 0 Å². The lowest BCUT2D eigenvalue weighted by Crippen LogP contribution is -2.24. The fraction of sp³-hybridized carbons (Fsp3) is 1.00. The van der Waals surface area contributed by atoms with Gasteiger partial charge >= 0.3 is 0 Å². The lowest BCUT2D eigenvalue weighted by Gasteiger charge is -2.35. The van der Waals surface area contributed by atoms with Crippen LogP contribution in [-0.4, -0.2) is 0 Å². The van der Waals surface area contributed by atoms with Crippen molar-refractivity contribution in [1.29, 1.82) is 0 Å². The molecule has 0 fully saturated rings. The molecule has 0 aromatic carbocycles. The fourth-order valence-corrected chi connectivity index (χ4v) is 2.61. The third-order valence-electron chi connectivity index (χ3n) is 4.86. The lowest BCUT2D eigenvalue weighted by molar-refractivity contribution is 0.156. The van der Waals surface area contributed by atoms with Gasteiger partial charge in [-0.05, 0) is 23.7 Å². The van der Waals surface area contributed by atoms with Crippen molar-refractivity contribution < 1.29 is 0 Å². The zero-order chi connectivity index (χ0) is 12.6. The van der Waals surface area contributed by atoms with Crippen LogP contribution < -0.4 is 0 Å². The molecule has 0 aromatic heterocycles. The zero-order valence-electron chi connectivity index (χ0n) is 12.6. The van der Waals surface area contributed by atoms with E-state index in [1.807, 2.05) is 0 Å². The molecule has 0 aliphatic carbocycles. The van der Waals surface area contributed by atoms with E-state index in [9.17, 15) is 0 Å². The summed E-state index contributed by atoms with van der Waals surface area (Å²) in [7, 11) is 0. The molecular formula is C16H34. The van der Waals surface area contributed by atoms with Crippen molar-refractivity contribution in [2.75, 3.05) is 0 Å². The molecule has 0 saturated carbocycles. The van der Waals surface area contributed by atoms with Crippen LogP contribution in [-0.2, 0) is 0 Å². The van der Waals surface area contributed by atoms with Crippen molar-refractivity contribution in [3.63, 3.8) is 0 Å². The highest BCUT2D eigenvalue weighted by Crippen LogP contribution is 2.39. The van der Waals surface area contributed by atoms with Gasteiger partial charge in [0.05, 0.1) is 0 Å². The average Bonchev–Trinajstić information content (AvgIpc) is 2.28. The number of rotatable bonds is 9. The van der Waals surface area contributed by atoms with Gasteiger partial charge in [0.1, 0.15) is 0 Å². The first-order chi connectivity index (χ1) is 7.50. The smallest absolute Gasteiger partial charge is 0.0303 e. The molecule has 0 heteroatoms. The fourth-order valence-electron chi connectivity index (χ4n) is 2.61. The Morgan fingerprint density at radius 1 is 1.00 bits per heavy atom. The Labute approximate surface area is 104 Å². The van der Waals surface area contributed by atoms with Crippen LogP contribution in [0.4, 0.5) is 0 Å². The molecule has 0 heterocycles. The first-order valence-electron chi connectivity index (χ1n) is 7.50. The Bertz CT molecular complexity index is 161. The third-order valence-corrected chi connectivity index (χ3v) is 4.86. The van der Waals surface area contributed by atoms with Gasteiger partial charge in [0, 0.05) is 0 Å². The Hall–Kier alpha value is 0. The minimum absolute atomic E-state index is 0.587. The molecular weight excluding hydrogens is 192 g/mol. The standard InChI is InChI=1S/C16H34/c1-7-11-15(5)16(6,9-3)13-10-12-14(4)8-2/h14-15H,7-13H2,1-6H3. The van der Waals surface area contributed by atoms with Gasteiger partial charge in [-0.2, -0.15) is 0 Å². The first-order valence-corrected chi connectivity index (χ1v) is 7.50. The summed E-state index contributed by atoms with van der Waals surface area (Å²) in [6.45, 7) is 14.3. The molecule has 0 aromatic rings. The van der Waals surface area contributed by atoms with Crippen molar-refractivity contribution in [1.82, 2.24) is 0 Å². The zero-order valence-corrected chi connectivity index (χ0v) is 12.6. The van der Waals surface area contributed by atoms with E-state index < -0.39 is 0 Å². The summed E-state index contributed by atoms with van der Waals surface area (Å²) < 4.78 is 0. The second-order valence-electron chi connectivity index (χ2n) is 6.10. The molecule has 16 heavy (non-hydrogen) atoms. The summed E-state index contributed by atoms with van der Waals surface area (Å²) in [5.74, 6) is 1.81. The van der Waals surface area contributed by atoms with E-state index in [4.69, 9.17) is 0 Å². The van der Waals surface area contributed by atoms with Crippen LogP contribution in [0.2, 0.25) is 0 Å². The van der Waals surface area contributed by atoms with Crippen molar-refractivity contribution in [2.45, 2.75) is 86.5 Å². The number of hydrogen-bond acceptors (Lipinski definition) is 0. The topological polar surface area (TPSA) is 0 Å². The first kappa shape index (κ1) is 16.0. The molecule has 0 spiro atoms. The molecule has 0 N–H and O–H groups in total. The maximum Gasteiger partial charge on any atom is -0.0303 e. The lowest BCUT2D eigenvalue weighted by atomic mass is 9.70. The summed E-state index contributed by atoms with van der Waals surface area (Å²) in [5, 5.41) is 0. The van der Waals surface area contributed by atoms with Gasteiger partial charge < -0.3 is 0 Å². The normalized spacial score (nSPS) is 19.1. The van der Waals surface area contributed by atoms with Crippen LogP contribution in [0.5, 0.6) is 0 Å². The van der Waals surface area contributed by atoms with Gasteiger partial charge in [0.25, 0.3) is 0 Å². The Morgan fingerprint density at radius 2 is 1.62 bits per heavy atom. The molecule has 0 saturated heterocycles. The van der Waals surface area contributed by atoms with E-state index in [2.05, 4.69) is 41.5 Å². The van der Waals surface area contributed by atoms with Crippen molar-refractivity contribution in [3.05, 3.63) is 0 Å². The van der Waals surface area contributed by atoms with Gasteiger partial charge in [-0.3, -0.25) is 0 Å². The van der Waals surface area contributed by atoms with Crippen LogP contribution in [0, 0.1) is 17.3 Å². The van der Waals surface area contributed by atoms with E-state index in [1.165, 1.54) is 44.9 Å². The van der Waals surface area contributed by atoms with Gasteiger partial charge in [0.15, 0.2) is 0 Å². The highest BCUT2D eigenvalue weighted by atomic mass is 14.3. The maximum atomic E-state index is 2.50. The van der Waals surface area contributed by atoms with E-state index in [1.54, 1.807) is 0 Å². The summed E-state index contributed by atoms with van der Waals surface area (Å²) in [5.41, 5.74) is 0.587. The molecule has 98 valence electrons. The molecule has 0 rings (SSSR count). The van der Waals surface area contributed by atoms with E-state index in [-0.39, 0.29) is 0 Å². The Balaban J connectivity index is 4.05. The molecule has 0 aliphatic heterocycles. The van der Waals surface area contributed by atoms with Crippen LogP contribution in [0.25, 0.3) is 0 Å². The monoisotopic (exact) mass is 226 g/mol. The predicted molar refractivity (Wildman–Crippen MR) is 75.8 cm³/mol. The summed E-state index contributed by atoms with van der Waals surface area (Å²) in [6, 6.07) is 0. The molecule has 0 bridgehead atoms. The van der Waals surface area contributed by atoms with Crippen LogP contribution >= 0.6 is 0 Å². The van der Waals surface area contributed by atoms with Crippen LogP contribution in [0.1, 0.15) is 86.5 Å². The maximum absolute atomic E-state index is 2.50. The highest BCUT2D eigenvalue weighted by molar-refractivity contribution is 4.78. The minimum Gasteiger partial charge on any atom is -0.0654 e. The third kappa shape index (κ3) is 5.37. The van der Waals surface area contributed by atoms with E-state index in [0.717, 1.165) is 11.8 Å². The quantitative estimate of drug-likeness (QED) is 0.448. The van der Waals surface area contributed by atoms with Crippen molar-refractivity contribution >= 4 is 0 Å². The molecule has 3 unspecified atom stereocenters. The average molecular weight is 226 g/mol. The van der Waals surface area contributed by atoms with Gasteiger partial charge in [0.2, 0.25) is 0 Å². The second-order valence-corrected chi connectivity index (χ2v) is 6.10. The van der Waals surface area contributed by atoms with Crippen molar-refractivity contribution in [2.24, 2.45) is 17.3 Å². The molecule has 0 aliphatic rings. The molecule has 0 radical (unpaired) electrons. The van der Waals surface area contributed by atoms with Crippen LogP contribution in [0.15, 0.2) is 0 Å². The molecule has 0 amide bonds. The summed E-state index contributed by atoms with van der Waals surface area (Å²) >= 11 is 0. The largest absolute Gasteiger partial charge is 0.0654 e. The molecule has 0 nitrogen and oxygen atoms in total. The Kier molecular flexibility index (Phi) is 8.14. The second kappa shape index (κ2) is 8.14. The van der Waals surface area contributed by atoms with Crippen molar-refractivity contribution in [3.8, 4) is 0 Å². The number of hydrogen-bond donors (Lipinski definition) is 0. The SMILES string of the molecule is CCCC(C)C(C)(CC)CCCC(C)CC. The van der Waals surface area contributed by atoms with Crippen LogP contribution in [0.3, 0.4) is 0 Å². The van der Waals surface area contributed by atoms with Gasteiger partial charge in [-0.1, -0.05) is 80.1 Å². The van der Waals surface area contributed by atoms with Gasteiger partial charge in [-0.25, -0.2) is 0 Å². The van der Waals surface area contributed by atoms with Gasteiger partial charge in [-0.15, -0.1) is 0 Å². The molecule has 3 atom stereocenters. The highest BCUT2D eigenvalue weighted by Gasteiger charge is 2.27. The summed E-state index contributed by atoms with van der Waals surface area (Å²) in [6.07, 6.45) is 9.69.